The van der Waals surface area contributed by atoms with E-state index >= 15 is 0 Å². The maximum atomic E-state index is 11.8. The number of carbonyl (C=O) groups excluding carboxylic acids is 1. The molecule has 0 amide bonds. The van der Waals surface area contributed by atoms with Gasteiger partial charge in [0.2, 0.25) is 0 Å². The van der Waals surface area contributed by atoms with E-state index < -0.39 is 0 Å². The number of ether oxygens (including phenoxy) is 1. The summed E-state index contributed by atoms with van der Waals surface area (Å²) in [7, 11) is 0. The molecule has 0 fully saturated rings. The Morgan fingerprint density at radius 2 is 1.62 bits per heavy atom. The molecule has 0 unspecified atom stereocenters. The standard InChI is InChI=1S/C13H27NO2/c1-9(2)7-12(14-8-10(3)4)13(15)16-11(5)6/h9-12,14H,7-8H2,1-6H3/t12-/m0/s1. The van der Waals surface area contributed by atoms with Crippen LogP contribution in [-0.4, -0.2) is 24.7 Å². The van der Waals surface area contributed by atoms with Crippen molar-refractivity contribution >= 4 is 5.97 Å². The second kappa shape index (κ2) is 7.66. The third-order valence-electron chi connectivity index (χ3n) is 2.12. The van der Waals surface area contributed by atoms with Crippen LogP contribution in [0.15, 0.2) is 0 Å². The molecule has 0 heterocycles. The topological polar surface area (TPSA) is 38.3 Å². The first-order chi connectivity index (χ1) is 7.32. The molecule has 1 atom stereocenters. The summed E-state index contributed by atoms with van der Waals surface area (Å²) >= 11 is 0. The van der Waals surface area contributed by atoms with Crippen molar-refractivity contribution < 1.29 is 9.53 Å². The second-order valence-corrected chi connectivity index (χ2v) is 5.47. The zero-order chi connectivity index (χ0) is 12.7. The largest absolute Gasteiger partial charge is 0.462 e. The molecule has 0 aliphatic heterocycles. The fourth-order valence-electron chi connectivity index (χ4n) is 1.43. The maximum Gasteiger partial charge on any atom is 0.323 e. The highest BCUT2D eigenvalue weighted by Crippen LogP contribution is 2.08. The molecule has 0 saturated carbocycles. The van der Waals surface area contributed by atoms with Gasteiger partial charge >= 0.3 is 5.97 Å². The van der Waals surface area contributed by atoms with Crippen LogP contribution in [0.2, 0.25) is 0 Å². The Kier molecular flexibility index (Phi) is 7.39. The predicted octanol–water partition coefficient (Wildman–Crippen LogP) is 2.60. The number of esters is 1. The lowest BCUT2D eigenvalue weighted by Crippen LogP contribution is -2.41. The number of rotatable bonds is 7. The molecule has 0 aromatic carbocycles. The van der Waals surface area contributed by atoms with Crippen LogP contribution in [0.4, 0.5) is 0 Å². The molecule has 0 bridgehead atoms. The third-order valence-corrected chi connectivity index (χ3v) is 2.12. The van der Waals surface area contributed by atoms with Crippen molar-refractivity contribution in [2.45, 2.75) is 60.1 Å². The molecule has 3 heteroatoms. The molecular formula is C13H27NO2. The molecule has 0 radical (unpaired) electrons. The lowest BCUT2D eigenvalue weighted by atomic mass is 10.0. The van der Waals surface area contributed by atoms with E-state index in [9.17, 15) is 4.79 Å². The zero-order valence-corrected chi connectivity index (χ0v) is 11.5. The minimum absolute atomic E-state index is 0.0389. The van der Waals surface area contributed by atoms with E-state index in [1.54, 1.807) is 0 Å². The van der Waals surface area contributed by atoms with E-state index in [-0.39, 0.29) is 18.1 Å². The molecule has 0 spiro atoms. The molecule has 0 aliphatic carbocycles. The van der Waals surface area contributed by atoms with E-state index in [0.29, 0.717) is 11.8 Å². The molecule has 96 valence electrons. The molecular weight excluding hydrogens is 202 g/mol. The van der Waals surface area contributed by atoms with Crippen LogP contribution in [0.5, 0.6) is 0 Å². The maximum absolute atomic E-state index is 11.8. The Labute approximate surface area is 99.9 Å². The fraction of sp³-hybridized carbons (Fsp3) is 0.923. The summed E-state index contributed by atoms with van der Waals surface area (Å²) in [5.41, 5.74) is 0. The van der Waals surface area contributed by atoms with Gasteiger partial charge in [-0.25, -0.2) is 0 Å². The van der Waals surface area contributed by atoms with Crippen LogP contribution in [-0.2, 0) is 9.53 Å². The summed E-state index contributed by atoms with van der Waals surface area (Å²) in [5.74, 6) is 0.912. The van der Waals surface area contributed by atoms with Crippen molar-refractivity contribution in [3.8, 4) is 0 Å². The molecule has 0 aliphatic rings. The van der Waals surface area contributed by atoms with Crippen molar-refractivity contribution in [1.82, 2.24) is 5.32 Å². The molecule has 16 heavy (non-hydrogen) atoms. The monoisotopic (exact) mass is 229 g/mol. The summed E-state index contributed by atoms with van der Waals surface area (Å²) < 4.78 is 5.24. The second-order valence-electron chi connectivity index (χ2n) is 5.47. The van der Waals surface area contributed by atoms with Gasteiger partial charge in [0, 0.05) is 0 Å². The van der Waals surface area contributed by atoms with Crippen molar-refractivity contribution in [3.63, 3.8) is 0 Å². The molecule has 3 nitrogen and oxygen atoms in total. The Balaban J connectivity index is 4.23. The van der Waals surface area contributed by atoms with Gasteiger partial charge in [-0.1, -0.05) is 27.7 Å². The van der Waals surface area contributed by atoms with Crippen LogP contribution in [0, 0.1) is 11.8 Å². The SMILES string of the molecule is CC(C)CN[C@@H](CC(C)C)C(=O)OC(C)C. The van der Waals surface area contributed by atoms with Gasteiger partial charge < -0.3 is 10.1 Å². The van der Waals surface area contributed by atoms with Crippen molar-refractivity contribution in [1.29, 1.82) is 0 Å². The molecule has 0 rings (SSSR count). The molecule has 1 N–H and O–H groups in total. The Hall–Kier alpha value is -0.570. The van der Waals surface area contributed by atoms with E-state index in [1.807, 2.05) is 13.8 Å². The Bertz CT molecular complexity index is 200. The van der Waals surface area contributed by atoms with Crippen LogP contribution < -0.4 is 5.32 Å². The van der Waals surface area contributed by atoms with Crippen LogP contribution >= 0.6 is 0 Å². The van der Waals surface area contributed by atoms with Gasteiger partial charge in [0.15, 0.2) is 0 Å². The van der Waals surface area contributed by atoms with Crippen molar-refractivity contribution in [2.24, 2.45) is 11.8 Å². The van der Waals surface area contributed by atoms with Crippen molar-refractivity contribution in [3.05, 3.63) is 0 Å². The van der Waals surface area contributed by atoms with Crippen LogP contribution in [0.3, 0.4) is 0 Å². The van der Waals surface area contributed by atoms with Gasteiger partial charge in [-0.2, -0.15) is 0 Å². The molecule has 0 saturated heterocycles. The highest BCUT2D eigenvalue weighted by atomic mass is 16.5. The van der Waals surface area contributed by atoms with E-state index in [2.05, 4.69) is 33.0 Å². The minimum Gasteiger partial charge on any atom is -0.462 e. The average molecular weight is 229 g/mol. The lowest BCUT2D eigenvalue weighted by molar-refractivity contribution is -0.150. The zero-order valence-electron chi connectivity index (χ0n) is 11.5. The Morgan fingerprint density at radius 1 is 1.06 bits per heavy atom. The number of hydrogen-bond donors (Lipinski definition) is 1. The fourth-order valence-corrected chi connectivity index (χ4v) is 1.43. The Morgan fingerprint density at radius 3 is 2.00 bits per heavy atom. The quantitative estimate of drug-likeness (QED) is 0.682. The first-order valence-electron chi connectivity index (χ1n) is 6.26. The van der Waals surface area contributed by atoms with Crippen molar-refractivity contribution in [2.75, 3.05) is 6.54 Å². The normalized spacial score (nSPS) is 13.6. The number of nitrogens with one attached hydrogen (secondary N) is 1. The molecule has 0 aromatic heterocycles. The number of hydrogen-bond acceptors (Lipinski definition) is 3. The first-order valence-corrected chi connectivity index (χ1v) is 6.26. The van der Waals surface area contributed by atoms with Gasteiger partial charge in [0.05, 0.1) is 6.10 Å². The third kappa shape index (κ3) is 7.69. The van der Waals surface area contributed by atoms with E-state index in [0.717, 1.165) is 13.0 Å². The summed E-state index contributed by atoms with van der Waals surface area (Å²) in [6.07, 6.45) is 0.793. The highest BCUT2D eigenvalue weighted by Gasteiger charge is 2.21. The van der Waals surface area contributed by atoms with Gasteiger partial charge in [-0.3, -0.25) is 4.79 Å². The number of carbonyl (C=O) groups is 1. The average Bonchev–Trinajstić information content (AvgIpc) is 2.09. The molecule has 0 aromatic rings. The van der Waals surface area contributed by atoms with Crippen LogP contribution in [0.25, 0.3) is 0 Å². The predicted molar refractivity (Wildman–Crippen MR) is 67.3 cm³/mol. The summed E-state index contributed by atoms with van der Waals surface area (Å²) in [6, 6.07) is -0.162. The lowest BCUT2D eigenvalue weighted by Gasteiger charge is -2.21. The first kappa shape index (κ1) is 15.4. The van der Waals surface area contributed by atoms with Gasteiger partial charge in [0.25, 0.3) is 0 Å². The summed E-state index contributed by atoms with van der Waals surface area (Å²) in [5, 5.41) is 3.28. The van der Waals surface area contributed by atoms with Gasteiger partial charge in [-0.15, -0.1) is 0 Å². The highest BCUT2D eigenvalue weighted by molar-refractivity contribution is 5.75. The van der Waals surface area contributed by atoms with Gasteiger partial charge in [0.1, 0.15) is 6.04 Å². The summed E-state index contributed by atoms with van der Waals surface area (Å²) in [6.45, 7) is 13.1. The smallest absolute Gasteiger partial charge is 0.323 e. The summed E-state index contributed by atoms with van der Waals surface area (Å²) in [4.78, 5) is 11.8. The van der Waals surface area contributed by atoms with E-state index in [1.165, 1.54) is 0 Å². The van der Waals surface area contributed by atoms with E-state index in [4.69, 9.17) is 4.74 Å². The van der Waals surface area contributed by atoms with Gasteiger partial charge in [-0.05, 0) is 38.6 Å². The van der Waals surface area contributed by atoms with Crippen LogP contribution in [0.1, 0.15) is 48.0 Å². The minimum atomic E-state index is -0.162.